The van der Waals surface area contributed by atoms with Crippen LogP contribution in [0.2, 0.25) is 0 Å². The molecule has 19 heavy (non-hydrogen) atoms. The molecule has 1 atom stereocenters. The van der Waals surface area contributed by atoms with Crippen LogP contribution in [0.3, 0.4) is 0 Å². The second kappa shape index (κ2) is 5.07. The Kier molecular flexibility index (Phi) is 3.43. The van der Waals surface area contributed by atoms with Crippen molar-refractivity contribution in [1.29, 1.82) is 0 Å². The molecule has 0 radical (unpaired) electrons. The Hall–Kier alpha value is -1.17. The summed E-state index contributed by atoms with van der Waals surface area (Å²) in [4.78, 5) is 11.4. The molecule has 0 saturated carbocycles. The van der Waals surface area contributed by atoms with Gasteiger partial charge in [0.2, 0.25) is 5.91 Å². The number of nitrogens with one attached hydrogen (secondary N) is 2. The standard InChI is InChI=1S/C14H13BrN2OS/c1-16-14(10-5-12(15)19-7-10)8-2-3-11-9(4-8)6-13(18)17-11/h2-5,7,14,16H,6H2,1H3,(H,17,18). The molecule has 3 nitrogen and oxygen atoms in total. The summed E-state index contributed by atoms with van der Waals surface area (Å²) in [6.07, 6.45) is 0.479. The van der Waals surface area contributed by atoms with Gasteiger partial charge in [-0.3, -0.25) is 4.79 Å². The smallest absolute Gasteiger partial charge is 0.228 e. The molecule has 1 amide bonds. The Balaban J connectivity index is 1.97. The fourth-order valence-electron chi connectivity index (χ4n) is 2.43. The molecule has 1 aliphatic heterocycles. The van der Waals surface area contributed by atoms with Crippen LogP contribution in [-0.4, -0.2) is 13.0 Å². The summed E-state index contributed by atoms with van der Waals surface area (Å²) in [7, 11) is 1.95. The lowest BCUT2D eigenvalue weighted by molar-refractivity contribution is -0.115. The molecule has 5 heteroatoms. The van der Waals surface area contributed by atoms with Gasteiger partial charge in [-0.25, -0.2) is 0 Å². The summed E-state index contributed by atoms with van der Waals surface area (Å²) in [5.41, 5.74) is 4.44. The molecule has 0 fully saturated rings. The van der Waals surface area contributed by atoms with Crippen molar-refractivity contribution in [2.24, 2.45) is 0 Å². The largest absolute Gasteiger partial charge is 0.326 e. The third-order valence-electron chi connectivity index (χ3n) is 3.30. The van der Waals surface area contributed by atoms with Crippen LogP contribution >= 0.6 is 27.3 Å². The molecule has 0 spiro atoms. The van der Waals surface area contributed by atoms with Crippen molar-refractivity contribution < 1.29 is 4.79 Å². The second-order valence-electron chi connectivity index (χ2n) is 4.55. The lowest BCUT2D eigenvalue weighted by Gasteiger charge is -2.16. The molecule has 1 aromatic carbocycles. The van der Waals surface area contributed by atoms with Crippen molar-refractivity contribution >= 4 is 38.9 Å². The molecule has 98 valence electrons. The summed E-state index contributed by atoms with van der Waals surface area (Å²) in [5.74, 6) is 0.0754. The van der Waals surface area contributed by atoms with Gasteiger partial charge in [-0.15, -0.1) is 11.3 Å². The third-order valence-corrected chi connectivity index (χ3v) is 4.82. The monoisotopic (exact) mass is 336 g/mol. The van der Waals surface area contributed by atoms with E-state index in [0.29, 0.717) is 6.42 Å². The fourth-order valence-corrected chi connectivity index (χ4v) is 3.63. The van der Waals surface area contributed by atoms with E-state index in [-0.39, 0.29) is 11.9 Å². The van der Waals surface area contributed by atoms with Crippen LogP contribution in [0.15, 0.2) is 33.4 Å². The topological polar surface area (TPSA) is 41.1 Å². The number of thiophene rings is 1. The highest BCUT2D eigenvalue weighted by molar-refractivity contribution is 9.11. The van der Waals surface area contributed by atoms with Crippen molar-refractivity contribution in [3.05, 3.63) is 50.1 Å². The number of anilines is 1. The minimum Gasteiger partial charge on any atom is -0.326 e. The maximum atomic E-state index is 11.4. The lowest BCUT2D eigenvalue weighted by Crippen LogP contribution is -2.17. The van der Waals surface area contributed by atoms with Crippen LogP contribution in [0.5, 0.6) is 0 Å². The van der Waals surface area contributed by atoms with Crippen LogP contribution in [0, 0.1) is 0 Å². The summed E-state index contributed by atoms with van der Waals surface area (Å²) < 4.78 is 1.13. The van der Waals surface area contributed by atoms with Gasteiger partial charge in [0, 0.05) is 5.69 Å². The first kappa shape index (κ1) is 12.8. The van der Waals surface area contributed by atoms with Crippen molar-refractivity contribution in [2.45, 2.75) is 12.5 Å². The Morgan fingerprint density at radius 3 is 2.89 bits per heavy atom. The number of halogens is 1. The normalized spacial score (nSPS) is 15.2. The zero-order valence-electron chi connectivity index (χ0n) is 10.4. The fraction of sp³-hybridized carbons (Fsp3) is 0.214. The first-order valence-corrected chi connectivity index (χ1v) is 7.68. The number of carbonyl (C=O) groups excluding carboxylic acids is 1. The quantitative estimate of drug-likeness (QED) is 0.902. The molecule has 2 N–H and O–H groups in total. The second-order valence-corrected chi connectivity index (χ2v) is 6.84. The van der Waals surface area contributed by atoms with Gasteiger partial charge in [-0.1, -0.05) is 12.1 Å². The molecular formula is C14H13BrN2OS. The van der Waals surface area contributed by atoms with Crippen molar-refractivity contribution in [3.63, 3.8) is 0 Å². The van der Waals surface area contributed by atoms with Crippen LogP contribution < -0.4 is 10.6 Å². The Labute approximate surface area is 124 Å². The summed E-state index contributed by atoms with van der Waals surface area (Å²) in [6, 6.07) is 8.45. The highest BCUT2D eigenvalue weighted by atomic mass is 79.9. The molecular weight excluding hydrogens is 324 g/mol. The van der Waals surface area contributed by atoms with Crippen LogP contribution in [-0.2, 0) is 11.2 Å². The van der Waals surface area contributed by atoms with E-state index in [1.54, 1.807) is 11.3 Å². The van der Waals surface area contributed by atoms with Gasteiger partial charge in [-0.05, 0) is 57.2 Å². The van der Waals surface area contributed by atoms with Gasteiger partial charge in [0.1, 0.15) is 0 Å². The van der Waals surface area contributed by atoms with Gasteiger partial charge < -0.3 is 10.6 Å². The van der Waals surface area contributed by atoms with Crippen molar-refractivity contribution in [2.75, 3.05) is 12.4 Å². The zero-order chi connectivity index (χ0) is 13.4. The summed E-state index contributed by atoms with van der Waals surface area (Å²) >= 11 is 5.17. The lowest BCUT2D eigenvalue weighted by atomic mass is 9.98. The zero-order valence-corrected chi connectivity index (χ0v) is 12.8. The van der Waals surface area contributed by atoms with Crippen LogP contribution in [0.4, 0.5) is 5.69 Å². The van der Waals surface area contributed by atoms with Crippen molar-refractivity contribution in [1.82, 2.24) is 5.32 Å². The van der Waals surface area contributed by atoms with E-state index >= 15 is 0 Å². The molecule has 1 aliphatic rings. The molecule has 3 rings (SSSR count). The average molecular weight is 337 g/mol. The molecule has 1 aromatic heterocycles. The van der Waals surface area contributed by atoms with E-state index in [9.17, 15) is 4.79 Å². The third kappa shape index (κ3) is 2.45. The first-order chi connectivity index (χ1) is 9.17. The number of benzene rings is 1. The Morgan fingerprint density at radius 2 is 2.21 bits per heavy atom. The predicted octanol–water partition coefficient (Wildman–Crippen LogP) is 3.31. The van der Waals surface area contributed by atoms with E-state index < -0.39 is 0 Å². The summed E-state index contributed by atoms with van der Waals surface area (Å²) in [6.45, 7) is 0. The first-order valence-electron chi connectivity index (χ1n) is 6.01. The van der Waals surface area contributed by atoms with E-state index in [4.69, 9.17) is 0 Å². The SMILES string of the molecule is CNC(c1csc(Br)c1)c1ccc2c(c1)CC(=O)N2. The molecule has 0 saturated heterocycles. The maximum Gasteiger partial charge on any atom is 0.228 e. The number of rotatable bonds is 3. The highest BCUT2D eigenvalue weighted by Gasteiger charge is 2.20. The Bertz CT molecular complexity index is 638. The number of amides is 1. The molecule has 0 aliphatic carbocycles. The summed E-state index contributed by atoms with van der Waals surface area (Å²) in [5, 5.41) is 8.33. The minimum atomic E-state index is 0.0754. The molecule has 2 aromatic rings. The number of fused-ring (bicyclic) bond motifs is 1. The number of carbonyl (C=O) groups is 1. The molecule has 2 heterocycles. The van der Waals surface area contributed by atoms with Gasteiger partial charge in [0.25, 0.3) is 0 Å². The maximum absolute atomic E-state index is 11.4. The number of hydrogen-bond donors (Lipinski definition) is 2. The van der Waals surface area contributed by atoms with Gasteiger partial charge >= 0.3 is 0 Å². The van der Waals surface area contributed by atoms with Crippen molar-refractivity contribution in [3.8, 4) is 0 Å². The Morgan fingerprint density at radius 1 is 1.37 bits per heavy atom. The van der Waals surface area contributed by atoms with Gasteiger partial charge in [0.15, 0.2) is 0 Å². The molecule has 1 unspecified atom stereocenters. The van der Waals surface area contributed by atoms with E-state index in [2.05, 4.69) is 50.1 Å². The van der Waals surface area contributed by atoms with E-state index in [1.807, 2.05) is 13.1 Å². The van der Waals surface area contributed by atoms with Crippen LogP contribution in [0.25, 0.3) is 0 Å². The van der Waals surface area contributed by atoms with Gasteiger partial charge in [0.05, 0.1) is 16.2 Å². The van der Waals surface area contributed by atoms with Crippen LogP contribution in [0.1, 0.15) is 22.7 Å². The van der Waals surface area contributed by atoms with Gasteiger partial charge in [-0.2, -0.15) is 0 Å². The van der Waals surface area contributed by atoms with E-state index in [1.165, 1.54) is 11.1 Å². The minimum absolute atomic E-state index is 0.0754. The number of hydrogen-bond acceptors (Lipinski definition) is 3. The molecule has 0 bridgehead atoms. The predicted molar refractivity (Wildman–Crippen MR) is 81.7 cm³/mol. The van der Waals surface area contributed by atoms with E-state index in [0.717, 1.165) is 15.0 Å². The average Bonchev–Trinajstić information content (AvgIpc) is 2.95. The highest BCUT2D eigenvalue weighted by Crippen LogP contribution is 2.32.